The zero-order valence-corrected chi connectivity index (χ0v) is 11.2. The Morgan fingerprint density at radius 2 is 2.25 bits per heavy atom. The van der Waals surface area contributed by atoms with Gasteiger partial charge in [0.1, 0.15) is 0 Å². The summed E-state index contributed by atoms with van der Waals surface area (Å²) < 4.78 is 1.000. The van der Waals surface area contributed by atoms with Gasteiger partial charge in [-0.3, -0.25) is 4.79 Å². The first-order valence-electron chi connectivity index (χ1n) is 5.66. The van der Waals surface area contributed by atoms with E-state index in [9.17, 15) is 4.79 Å². The van der Waals surface area contributed by atoms with Crippen LogP contribution < -0.4 is 5.73 Å². The van der Waals surface area contributed by atoms with Crippen molar-refractivity contribution in [2.45, 2.75) is 38.6 Å². The van der Waals surface area contributed by atoms with Gasteiger partial charge in [0.15, 0.2) is 5.78 Å². The lowest BCUT2D eigenvalue weighted by Gasteiger charge is -2.09. The van der Waals surface area contributed by atoms with Gasteiger partial charge in [0, 0.05) is 10.9 Å². The summed E-state index contributed by atoms with van der Waals surface area (Å²) in [6.45, 7) is 2.10. The Hall–Kier alpha value is -0.670. The Labute approximate surface area is 105 Å². The van der Waals surface area contributed by atoms with Crippen molar-refractivity contribution in [2.75, 3.05) is 0 Å². The molecule has 2 nitrogen and oxygen atoms in total. The molecule has 0 saturated heterocycles. The molecule has 1 aromatic rings. The van der Waals surface area contributed by atoms with E-state index in [0.717, 1.165) is 29.3 Å². The van der Waals surface area contributed by atoms with Gasteiger partial charge in [-0.1, -0.05) is 47.8 Å². The summed E-state index contributed by atoms with van der Waals surface area (Å²) in [5.74, 6) is 0.131. The normalized spacial score (nSPS) is 12.4. The van der Waals surface area contributed by atoms with Gasteiger partial charge >= 0.3 is 0 Å². The molecule has 0 aliphatic carbocycles. The van der Waals surface area contributed by atoms with Gasteiger partial charge in [0.25, 0.3) is 0 Å². The van der Waals surface area contributed by atoms with E-state index in [0.29, 0.717) is 6.42 Å². The molecule has 1 rings (SSSR count). The molecule has 1 aromatic carbocycles. The number of carbonyl (C=O) groups is 1. The van der Waals surface area contributed by atoms with Crippen molar-refractivity contribution >= 4 is 21.7 Å². The standard InChI is InChI=1S/C13H18BrNO/c1-2-3-7-12(15)13(16)9-10-5-4-6-11(14)8-10/h4-6,8,12H,2-3,7,9,15H2,1H3. The molecule has 0 saturated carbocycles. The molecular formula is C13H18BrNO. The number of nitrogens with two attached hydrogens (primary N) is 1. The molecule has 0 aromatic heterocycles. The lowest BCUT2D eigenvalue weighted by Crippen LogP contribution is -2.31. The minimum Gasteiger partial charge on any atom is -0.321 e. The van der Waals surface area contributed by atoms with Crippen molar-refractivity contribution < 1.29 is 4.79 Å². The molecule has 0 aliphatic heterocycles. The van der Waals surface area contributed by atoms with Crippen LogP contribution in [-0.4, -0.2) is 11.8 Å². The Balaban J connectivity index is 2.50. The first kappa shape index (κ1) is 13.4. The van der Waals surface area contributed by atoms with E-state index >= 15 is 0 Å². The summed E-state index contributed by atoms with van der Waals surface area (Å²) in [5, 5.41) is 0. The van der Waals surface area contributed by atoms with Crippen LogP contribution in [0.1, 0.15) is 31.7 Å². The van der Waals surface area contributed by atoms with Crippen LogP contribution >= 0.6 is 15.9 Å². The van der Waals surface area contributed by atoms with Gasteiger partial charge < -0.3 is 5.73 Å². The van der Waals surface area contributed by atoms with E-state index in [1.165, 1.54) is 0 Å². The molecule has 0 aliphatic rings. The van der Waals surface area contributed by atoms with Crippen molar-refractivity contribution in [3.8, 4) is 0 Å². The number of rotatable bonds is 6. The molecule has 1 unspecified atom stereocenters. The van der Waals surface area contributed by atoms with Gasteiger partial charge in [-0.2, -0.15) is 0 Å². The van der Waals surface area contributed by atoms with E-state index in [1.54, 1.807) is 0 Å². The highest BCUT2D eigenvalue weighted by molar-refractivity contribution is 9.10. The van der Waals surface area contributed by atoms with E-state index in [1.807, 2.05) is 24.3 Å². The number of carbonyl (C=O) groups excluding carboxylic acids is 1. The molecule has 3 heteroatoms. The predicted octanol–water partition coefficient (Wildman–Crippen LogP) is 3.08. The number of hydrogen-bond donors (Lipinski definition) is 1. The quantitative estimate of drug-likeness (QED) is 0.872. The van der Waals surface area contributed by atoms with Crippen molar-refractivity contribution in [2.24, 2.45) is 5.73 Å². The van der Waals surface area contributed by atoms with Gasteiger partial charge in [-0.05, 0) is 24.1 Å². The molecule has 0 bridgehead atoms. The molecule has 16 heavy (non-hydrogen) atoms. The largest absolute Gasteiger partial charge is 0.321 e. The molecule has 0 radical (unpaired) electrons. The van der Waals surface area contributed by atoms with Crippen LogP contribution in [0, 0.1) is 0 Å². The first-order valence-corrected chi connectivity index (χ1v) is 6.45. The lowest BCUT2D eigenvalue weighted by molar-refractivity contribution is -0.119. The van der Waals surface area contributed by atoms with Crippen LogP contribution in [0.4, 0.5) is 0 Å². The van der Waals surface area contributed by atoms with Crippen LogP contribution in [0.25, 0.3) is 0 Å². The fraction of sp³-hybridized carbons (Fsp3) is 0.462. The van der Waals surface area contributed by atoms with Gasteiger partial charge in [0.2, 0.25) is 0 Å². The number of unbranched alkanes of at least 4 members (excludes halogenated alkanes) is 1. The third-order valence-corrected chi connectivity index (χ3v) is 3.04. The number of halogens is 1. The molecule has 0 spiro atoms. The topological polar surface area (TPSA) is 43.1 Å². The predicted molar refractivity (Wildman–Crippen MR) is 70.4 cm³/mol. The second-order valence-electron chi connectivity index (χ2n) is 4.02. The Morgan fingerprint density at radius 3 is 2.88 bits per heavy atom. The SMILES string of the molecule is CCCCC(N)C(=O)Cc1cccc(Br)c1. The Kier molecular flexibility index (Phi) is 5.71. The van der Waals surface area contributed by atoms with Crippen LogP contribution in [-0.2, 0) is 11.2 Å². The molecule has 0 fully saturated rings. The highest BCUT2D eigenvalue weighted by Gasteiger charge is 2.13. The fourth-order valence-electron chi connectivity index (χ4n) is 1.56. The highest BCUT2D eigenvalue weighted by Crippen LogP contribution is 2.13. The smallest absolute Gasteiger partial charge is 0.153 e. The van der Waals surface area contributed by atoms with Crippen LogP contribution in [0.2, 0.25) is 0 Å². The maximum atomic E-state index is 11.8. The molecule has 1 atom stereocenters. The molecule has 88 valence electrons. The number of hydrogen-bond acceptors (Lipinski definition) is 2. The lowest BCUT2D eigenvalue weighted by atomic mass is 10.0. The van der Waals surface area contributed by atoms with Gasteiger partial charge in [-0.25, -0.2) is 0 Å². The second-order valence-corrected chi connectivity index (χ2v) is 4.94. The van der Waals surface area contributed by atoms with Crippen LogP contribution in [0.15, 0.2) is 28.7 Å². The van der Waals surface area contributed by atoms with Crippen molar-refractivity contribution in [3.63, 3.8) is 0 Å². The molecule has 2 N–H and O–H groups in total. The minimum absolute atomic E-state index is 0.131. The van der Waals surface area contributed by atoms with E-state index in [-0.39, 0.29) is 11.8 Å². The summed E-state index contributed by atoms with van der Waals surface area (Å²) in [4.78, 5) is 11.8. The number of ketones is 1. The van der Waals surface area contributed by atoms with E-state index in [4.69, 9.17) is 5.73 Å². The molecular weight excluding hydrogens is 266 g/mol. The van der Waals surface area contributed by atoms with Crippen LogP contribution in [0.5, 0.6) is 0 Å². The van der Waals surface area contributed by atoms with Crippen molar-refractivity contribution in [1.82, 2.24) is 0 Å². The summed E-state index contributed by atoms with van der Waals surface area (Å²) in [7, 11) is 0. The van der Waals surface area contributed by atoms with Crippen LogP contribution in [0.3, 0.4) is 0 Å². The molecule has 0 amide bonds. The zero-order chi connectivity index (χ0) is 12.0. The van der Waals surface area contributed by atoms with Crippen molar-refractivity contribution in [1.29, 1.82) is 0 Å². The van der Waals surface area contributed by atoms with E-state index in [2.05, 4.69) is 22.9 Å². The number of benzene rings is 1. The second kappa shape index (κ2) is 6.81. The Bertz CT molecular complexity index is 352. The fourth-order valence-corrected chi connectivity index (χ4v) is 2.01. The average molecular weight is 284 g/mol. The summed E-state index contributed by atoms with van der Waals surface area (Å²) in [6.07, 6.45) is 3.33. The summed E-state index contributed by atoms with van der Waals surface area (Å²) in [6, 6.07) is 7.49. The highest BCUT2D eigenvalue weighted by atomic mass is 79.9. The third-order valence-electron chi connectivity index (χ3n) is 2.55. The van der Waals surface area contributed by atoms with Crippen molar-refractivity contribution in [3.05, 3.63) is 34.3 Å². The zero-order valence-electron chi connectivity index (χ0n) is 9.58. The third kappa shape index (κ3) is 4.45. The summed E-state index contributed by atoms with van der Waals surface area (Å²) >= 11 is 3.39. The maximum Gasteiger partial charge on any atom is 0.153 e. The van der Waals surface area contributed by atoms with Gasteiger partial charge in [-0.15, -0.1) is 0 Å². The molecule has 0 heterocycles. The van der Waals surface area contributed by atoms with E-state index < -0.39 is 0 Å². The number of Topliss-reactive ketones (excluding diaryl/α,β-unsaturated/α-hetero) is 1. The minimum atomic E-state index is -0.307. The monoisotopic (exact) mass is 283 g/mol. The maximum absolute atomic E-state index is 11.8. The Morgan fingerprint density at radius 1 is 1.50 bits per heavy atom. The first-order chi connectivity index (χ1) is 7.63. The van der Waals surface area contributed by atoms with Gasteiger partial charge in [0.05, 0.1) is 6.04 Å². The summed E-state index contributed by atoms with van der Waals surface area (Å²) in [5.41, 5.74) is 6.85. The average Bonchev–Trinajstić information content (AvgIpc) is 2.25.